The van der Waals surface area contributed by atoms with Gasteiger partial charge in [-0.1, -0.05) is 32.0 Å². The maximum absolute atomic E-state index is 13.9. The van der Waals surface area contributed by atoms with Gasteiger partial charge in [0.05, 0.1) is 23.1 Å². The number of halogens is 3. The number of ether oxygens (including phenoxy) is 2. The van der Waals surface area contributed by atoms with Crippen LogP contribution in [0.2, 0.25) is 0 Å². The molecule has 10 heteroatoms. The van der Waals surface area contributed by atoms with Crippen molar-refractivity contribution >= 4 is 18.0 Å². The van der Waals surface area contributed by atoms with E-state index < -0.39 is 34.9 Å². The van der Waals surface area contributed by atoms with Crippen LogP contribution >= 0.6 is 0 Å². The summed E-state index contributed by atoms with van der Waals surface area (Å²) in [6.07, 6.45) is -0.0980. The number of carbonyl (C=O) groups excluding carboxylic acids is 2. The van der Waals surface area contributed by atoms with Gasteiger partial charge in [-0.05, 0) is 80.6 Å². The van der Waals surface area contributed by atoms with Gasteiger partial charge in [0.15, 0.2) is 11.5 Å². The molecule has 43 heavy (non-hydrogen) atoms. The van der Waals surface area contributed by atoms with Crippen molar-refractivity contribution in [3.05, 3.63) is 64.7 Å². The zero-order chi connectivity index (χ0) is 30.9. The predicted octanol–water partition coefficient (Wildman–Crippen LogP) is 5.33. The number of hydrogen-bond donors (Lipinski definition) is 1. The minimum Gasteiger partial charge on any atom is -0.504 e. The Bertz CT molecular complexity index is 1490. The number of carbonyl (C=O) groups is 2. The molecule has 2 aromatic carbocycles. The van der Waals surface area contributed by atoms with E-state index in [2.05, 4.69) is 4.90 Å². The van der Waals surface area contributed by atoms with Crippen molar-refractivity contribution in [1.82, 2.24) is 9.80 Å². The summed E-state index contributed by atoms with van der Waals surface area (Å²) in [4.78, 5) is 30.6. The van der Waals surface area contributed by atoms with Crippen LogP contribution in [0.5, 0.6) is 11.5 Å². The highest BCUT2D eigenvalue weighted by Gasteiger charge is 2.75. The molecule has 1 amide bonds. The second kappa shape index (κ2) is 10.3. The van der Waals surface area contributed by atoms with Gasteiger partial charge in [0.25, 0.3) is 0 Å². The van der Waals surface area contributed by atoms with Crippen LogP contribution in [0, 0.1) is 5.92 Å². The van der Waals surface area contributed by atoms with Gasteiger partial charge in [-0.15, -0.1) is 0 Å². The summed E-state index contributed by atoms with van der Waals surface area (Å²) in [5.41, 5.74) is -0.268. The standard InChI is InChI=1S/C33H37F3N2O5/c1-19(2)18-38(27(41)11-8-21-6-5-7-23(16-21)33(34,35)36)24-12-13-32(43-20(3)39)26-17-22-9-10-25(40)29-28(22)31(32,30(24)42-29)14-15-37(26)4/h5-11,16,19,24,26,30,40H,12-15,17-18H2,1-4H3/b11-8+/t24?,26-,30?,31+,32-/m1/s1. The summed E-state index contributed by atoms with van der Waals surface area (Å²) in [7, 11) is 2.04. The molecule has 2 fully saturated rings. The first kappa shape index (κ1) is 29.5. The minimum atomic E-state index is -4.49. The zero-order valence-electron chi connectivity index (χ0n) is 24.8. The molecular formula is C33H37F3N2O5. The Morgan fingerprint density at radius 3 is 2.70 bits per heavy atom. The highest BCUT2D eigenvalue weighted by molar-refractivity contribution is 5.92. The van der Waals surface area contributed by atoms with Crippen LogP contribution in [0.15, 0.2) is 42.5 Å². The fourth-order valence-electron chi connectivity index (χ4n) is 8.34. The normalized spacial score (nSPS) is 29.3. The Kier molecular flexibility index (Phi) is 7.06. The van der Waals surface area contributed by atoms with E-state index in [0.29, 0.717) is 38.0 Å². The number of alkyl halides is 3. The second-order valence-corrected chi connectivity index (χ2v) is 12.8. The predicted molar refractivity (Wildman–Crippen MR) is 153 cm³/mol. The van der Waals surface area contributed by atoms with Gasteiger partial charge in [-0.2, -0.15) is 13.2 Å². The highest BCUT2D eigenvalue weighted by Crippen LogP contribution is 2.67. The molecule has 1 saturated carbocycles. The Hall–Kier alpha value is -3.53. The van der Waals surface area contributed by atoms with Gasteiger partial charge in [-0.25, -0.2) is 0 Å². The molecule has 7 nitrogen and oxygen atoms in total. The van der Waals surface area contributed by atoms with Crippen LogP contribution in [-0.2, 0) is 32.3 Å². The summed E-state index contributed by atoms with van der Waals surface area (Å²) < 4.78 is 52.9. The number of phenols is 1. The number of piperidine rings is 1. The summed E-state index contributed by atoms with van der Waals surface area (Å²) >= 11 is 0. The summed E-state index contributed by atoms with van der Waals surface area (Å²) in [5, 5.41) is 11.0. The number of nitrogens with zero attached hydrogens (tertiary/aromatic N) is 2. The molecule has 0 aromatic heterocycles. The molecule has 2 bridgehead atoms. The van der Waals surface area contributed by atoms with Gasteiger partial charge >= 0.3 is 12.1 Å². The van der Waals surface area contributed by atoms with Gasteiger partial charge in [-0.3, -0.25) is 14.5 Å². The van der Waals surface area contributed by atoms with Crippen LogP contribution in [0.3, 0.4) is 0 Å². The van der Waals surface area contributed by atoms with Crippen molar-refractivity contribution in [2.75, 3.05) is 20.1 Å². The van der Waals surface area contributed by atoms with Gasteiger partial charge < -0.3 is 19.5 Å². The van der Waals surface area contributed by atoms with E-state index in [1.54, 1.807) is 11.0 Å². The lowest BCUT2D eigenvalue weighted by molar-refractivity contribution is -0.221. The van der Waals surface area contributed by atoms with Gasteiger partial charge in [0.1, 0.15) is 11.7 Å². The number of benzene rings is 2. The van der Waals surface area contributed by atoms with E-state index in [1.165, 1.54) is 31.2 Å². The quantitative estimate of drug-likeness (QED) is 0.358. The lowest BCUT2D eigenvalue weighted by atomic mass is 9.48. The summed E-state index contributed by atoms with van der Waals surface area (Å²) in [5.74, 6) is -0.218. The first-order valence-corrected chi connectivity index (χ1v) is 14.9. The van der Waals surface area contributed by atoms with Crippen molar-refractivity contribution in [1.29, 1.82) is 0 Å². The first-order valence-electron chi connectivity index (χ1n) is 14.9. The van der Waals surface area contributed by atoms with Crippen LogP contribution in [0.4, 0.5) is 13.2 Å². The third kappa shape index (κ3) is 4.51. The van der Waals surface area contributed by atoms with Crippen molar-refractivity contribution in [3.8, 4) is 11.5 Å². The lowest BCUT2D eigenvalue weighted by Gasteiger charge is -2.65. The van der Waals surface area contributed by atoms with Crippen LogP contribution in [-0.4, -0.2) is 70.7 Å². The molecule has 2 aliphatic carbocycles. The fraction of sp³-hybridized carbons (Fsp3) is 0.515. The van der Waals surface area contributed by atoms with E-state index in [4.69, 9.17) is 9.47 Å². The number of likely N-dealkylation sites (N-methyl/N-ethyl adjacent to an activating group) is 1. The molecule has 1 spiro atoms. The van der Waals surface area contributed by atoms with E-state index in [-0.39, 0.29) is 35.1 Å². The number of likely N-dealkylation sites (tertiary alicyclic amines) is 1. The molecule has 2 aromatic rings. The van der Waals surface area contributed by atoms with E-state index in [0.717, 1.165) is 29.8 Å². The number of esters is 1. The van der Waals surface area contributed by atoms with Crippen molar-refractivity contribution in [2.24, 2.45) is 5.92 Å². The Morgan fingerprint density at radius 1 is 1.23 bits per heavy atom. The maximum atomic E-state index is 13.9. The molecule has 6 rings (SSSR count). The number of aromatic hydroxyl groups is 1. The molecule has 2 heterocycles. The first-order chi connectivity index (χ1) is 20.3. The number of hydrogen-bond acceptors (Lipinski definition) is 6. The maximum Gasteiger partial charge on any atom is 0.416 e. The number of amides is 1. The molecule has 1 saturated heterocycles. The SMILES string of the molecule is CC(=O)O[C@@]12CCC(N(CC(C)C)C(=O)/C=C/c3cccc(C(F)(F)F)c3)C3Oc4c(O)ccc5c4[C@@]31CCN(C)[C@@H]2C5. The van der Waals surface area contributed by atoms with Gasteiger partial charge in [0, 0.05) is 25.1 Å². The highest BCUT2D eigenvalue weighted by atomic mass is 19.4. The molecule has 4 aliphatic rings. The van der Waals surface area contributed by atoms with Crippen LogP contribution < -0.4 is 4.74 Å². The van der Waals surface area contributed by atoms with E-state index >= 15 is 0 Å². The topological polar surface area (TPSA) is 79.3 Å². The monoisotopic (exact) mass is 598 g/mol. The Balaban J connectivity index is 1.43. The Morgan fingerprint density at radius 2 is 2.00 bits per heavy atom. The number of rotatable bonds is 6. The third-order valence-electron chi connectivity index (χ3n) is 9.86. The van der Waals surface area contributed by atoms with Crippen LogP contribution in [0.25, 0.3) is 6.08 Å². The van der Waals surface area contributed by atoms with Gasteiger partial charge in [0.2, 0.25) is 5.91 Å². The van der Waals surface area contributed by atoms with Crippen molar-refractivity contribution in [2.45, 2.75) is 81.8 Å². The third-order valence-corrected chi connectivity index (χ3v) is 9.86. The number of phenolic OH excluding ortho intramolecular Hbond substituents is 1. The molecule has 2 aliphatic heterocycles. The van der Waals surface area contributed by atoms with Crippen molar-refractivity contribution < 1.29 is 37.3 Å². The second-order valence-electron chi connectivity index (χ2n) is 12.8. The molecule has 5 atom stereocenters. The van der Waals surface area contributed by atoms with E-state index in [1.807, 2.05) is 27.0 Å². The van der Waals surface area contributed by atoms with Crippen LogP contribution in [0.1, 0.15) is 62.3 Å². The van der Waals surface area contributed by atoms with Crippen molar-refractivity contribution in [3.63, 3.8) is 0 Å². The fourth-order valence-corrected chi connectivity index (χ4v) is 8.34. The largest absolute Gasteiger partial charge is 0.504 e. The molecule has 1 N–H and O–H groups in total. The molecule has 230 valence electrons. The molecular weight excluding hydrogens is 561 g/mol. The zero-order valence-corrected chi connectivity index (χ0v) is 24.8. The Labute approximate surface area is 249 Å². The lowest BCUT2D eigenvalue weighted by Crippen LogP contribution is -2.79. The molecule has 0 radical (unpaired) electrons. The average Bonchev–Trinajstić information content (AvgIpc) is 3.29. The minimum absolute atomic E-state index is 0.0153. The smallest absolute Gasteiger partial charge is 0.416 e. The van der Waals surface area contributed by atoms with E-state index in [9.17, 15) is 27.9 Å². The molecule has 2 unspecified atom stereocenters. The summed E-state index contributed by atoms with van der Waals surface area (Å²) in [6.45, 7) is 6.54. The summed E-state index contributed by atoms with van der Waals surface area (Å²) in [6, 6.07) is 7.90. The average molecular weight is 599 g/mol.